The molecule has 0 fully saturated rings. The van der Waals surface area contributed by atoms with Crippen LogP contribution in [0.5, 0.6) is 0 Å². The van der Waals surface area contributed by atoms with E-state index in [-0.39, 0.29) is 0 Å². The molecule has 0 bridgehead atoms. The lowest BCUT2D eigenvalue weighted by atomic mass is 9.77. The molecule has 5 aromatic rings. The zero-order chi connectivity index (χ0) is 26.8. The minimum absolute atomic E-state index is 0.549. The Morgan fingerprint density at radius 1 is 0.868 bits per heavy atom. The molecule has 0 aliphatic rings. The maximum atomic E-state index is 6.33. The molecule has 0 atom stereocenters. The van der Waals surface area contributed by atoms with Crippen molar-refractivity contribution in [3.05, 3.63) is 153 Å². The zero-order valence-electron chi connectivity index (χ0n) is 21.6. The van der Waals surface area contributed by atoms with Gasteiger partial charge in [-0.1, -0.05) is 97.6 Å². The summed E-state index contributed by atoms with van der Waals surface area (Å²) in [4.78, 5) is 4.85. The Labute approximate surface area is 227 Å². The van der Waals surface area contributed by atoms with Gasteiger partial charge in [-0.15, -0.1) is 11.3 Å². The van der Waals surface area contributed by atoms with Crippen LogP contribution in [0.4, 0.5) is 0 Å². The van der Waals surface area contributed by atoms with Crippen molar-refractivity contribution in [2.45, 2.75) is 24.9 Å². The summed E-state index contributed by atoms with van der Waals surface area (Å²) in [6, 6.07) is 31.3. The molecule has 0 saturated heterocycles. The summed E-state index contributed by atoms with van der Waals surface area (Å²) in [5.41, 5.74) is 15.9. The van der Waals surface area contributed by atoms with Gasteiger partial charge in [0.2, 0.25) is 0 Å². The number of thiazole rings is 1. The van der Waals surface area contributed by atoms with Crippen LogP contribution in [0.2, 0.25) is 0 Å². The average Bonchev–Trinajstić information content (AvgIpc) is 3.58. The van der Waals surface area contributed by atoms with Crippen molar-refractivity contribution in [3.63, 3.8) is 0 Å². The SMILES string of the molecule is C=c1/c(=C(\C=C/N)c2nc(C(C)(C)N)cs2)cnn1C(c1ccccc1)(c1ccccc1)c1ccccc1. The summed E-state index contributed by atoms with van der Waals surface area (Å²) in [5.74, 6) is 0. The van der Waals surface area contributed by atoms with Crippen LogP contribution in [0.3, 0.4) is 0 Å². The summed E-state index contributed by atoms with van der Waals surface area (Å²) in [6.07, 6.45) is 5.24. The first-order valence-electron chi connectivity index (χ1n) is 12.4. The highest BCUT2D eigenvalue weighted by atomic mass is 32.1. The molecule has 2 aromatic heterocycles. The zero-order valence-corrected chi connectivity index (χ0v) is 22.4. The van der Waals surface area contributed by atoms with Gasteiger partial charge in [0.15, 0.2) is 0 Å². The summed E-state index contributed by atoms with van der Waals surface area (Å²) in [6.45, 7) is 8.46. The monoisotopic (exact) mass is 517 g/mol. The van der Waals surface area contributed by atoms with E-state index in [0.29, 0.717) is 0 Å². The summed E-state index contributed by atoms with van der Waals surface area (Å²) < 4.78 is 2.02. The van der Waals surface area contributed by atoms with Crippen LogP contribution in [0.25, 0.3) is 12.2 Å². The van der Waals surface area contributed by atoms with E-state index >= 15 is 0 Å². The Bertz CT molecular complexity index is 1560. The molecule has 4 N–H and O–H groups in total. The number of hydrogen-bond donors (Lipinski definition) is 2. The standard InChI is InChI=1S/C32H31N5S/c1-23-28(27(19-20-33)30-36-29(22-38-30)31(2,3)34)21-35-37(23)32(24-13-7-4-8-14-24,25-15-9-5-10-16-25)26-17-11-6-12-18-26/h4-22H,1,33-34H2,2-3H3/b20-19-,28-27+. The lowest BCUT2D eigenvalue weighted by Gasteiger charge is -2.36. The van der Waals surface area contributed by atoms with Gasteiger partial charge >= 0.3 is 0 Å². The minimum atomic E-state index is -0.760. The molecule has 0 aliphatic heterocycles. The van der Waals surface area contributed by atoms with Crippen LogP contribution >= 0.6 is 11.3 Å². The molecule has 3 aromatic carbocycles. The van der Waals surface area contributed by atoms with Crippen molar-refractivity contribution in [1.82, 2.24) is 14.8 Å². The molecule has 38 heavy (non-hydrogen) atoms. The third-order valence-corrected chi connectivity index (χ3v) is 7.58. The molecule has 0 saturated carbocycles. The molecule has 2 heterocycles. The molecular formula is C32H31N5S. The first kappa shape index (κ1) is 25.4. The number of benzene rings is 3. The average molecular weight is 518 g/mol. The van der Waals surface area contributed by atoms with E-state index in [0.717, 1.165) is 43.5 Å². The second-order valence-electron chi connectivity index (χ2n) is 9.76. The summed E-state index contributed by atoms with van der Waals surface area (Å²) in [5, 5.41) is 9.43. The van der Waals surface area contributed by atoms with Crippen LogP contribution in [-0.2, 0) is 11.1 Å². The van der Waals surface area contributed by atoms with Crippen molar-refractivity contribution < 1.29 is 0 Å². The Morgan fingerprint density at radius 3 is 1.79 bits per heavy atom. The molecule has 5 rings (SSSR count). The van der Waals surface area contributed by atoms with E-state index in [2.05, 4.69) is 79.4 Å². The normalized spacial score (nSPS) is 13.1. The van der Waals surface area contributed by atoms with Gasteiger partial charge in [-0.25, -0.2) is 9.67 Å². The summed E-state index contributed by atoms with van der Waals surface area (Å²) in [7, 11) is 0. The van der Waals surface area contributed by atoms with Crippen molar-refractivity contribution in [3.8, 4) is 0 Å². The fourth-order valence-electron chi connectivity index (χ4n) is 4.86. The number of aromatic nitrogens is 3. The van der Waals surface area contributed by atoms with Crippen LogP contribution in [-0.4, -0.2) is 14.8 Å². The molecule has 190 valence electrons. The van der Waals surface area contributed by atoms with Crippen molar-refractivity contribution in [2.75, 3.05) is 0 Å². The van der Waals surface area contributed by atoms with E-state index in [1.54, 1.807) is 0 Å². The van der Waals surface area contributed by atoms with E-state index in [9.17, 15) is 0 Å². The second kappa shape index (κ2) is 10.2. The lowest BCUT2D eigenvalue weighted by Crippen LogP contribution is -2.46. The van der Waals surface area contributed by atoms with E-state index in [1.807, 2.05) is 54.4 Å². The Kier molecular flexibility index (Phi) is 6.85. The topological polar surface area (TPSA) is 82.8 Å². The predicted molar refractivity (Wildman–Crippen MR) is 157 cm³/mol. The predicted octanol–water partition coefficient (Wildman–Crippen LogP) is 4.46. The maximum Gasteiger partial charge on any atom is 0.138 e. The minimum Gasteiger partial charge on any atom is -0.405 e. The summed E-state index contributed by atoms with van der Waals surface area (Å²) >= 11 is 1.53. The lowest BCUT2D eigenvalue weighted by molar-refractivity contribution is 0.449. The number of nitrogens with zero attached hydrogens (tertiary/aromatic N) is 3. The van der Waals surface area contributed by atoms with Crippen molar-refractivity contribution >= 4 is 23.5 Å². The highest BCUT2D eigenvalue weighted by Crippen LogP contribution is 2.39. The molecule has 6 heteroatoms. The Balaban J connectivity index is 1.88. The molecule has 5 nitrogen and oxygen atoms in total. The number of rotatable bonds is 7. The van der Waals surface area contributed by atoms with Crippen LogP contribution in [0.15, 0.2) is 115 Å². The highest BCUT2D eigenvalue weighted by Gasteiger charge is 2.39. The van der Waals surface area contributed by atoms with Gasteiger partial charge in [0.05, 0.1) is 22.8 Å². The van der Waals surface area contributed by atoms with E-state index in [4.69, 9.17) is 21.5 Å². The molecule has 0 amide bonds. The largest absolute Gasteiger partial charge is 0.405 e. The van der Waals surface area contributed by atoms with Crippen LogP contribution < -0.4 is 22.0 Å². The quantitative estimate of drug-likeness (QED) is 0.313. The van der Waals surface area contributed by atoms with Crippen molar-refractivity contribution in [2.24, 2.45) is 11.5 Å². The van der Waals surface area contributed by atoms with Gasteiger partial charge < -0.3 is 11.5 Å². The molecule has 0 radical (unpaired) electrons. The van der Waals surface area contributed by atoms with E-state index in [1.165, 1.54) is 17.5 Å². The Morgan fingerprint density at radius 2 is 1.37 bits per heavy atom. The number of nitrogens with two attached hydrogens (primary N) is 2. The third kappa shape index (κ3) is 4.38. The molecule has 0 aliphatic carbocycles. The highest BCUT2D eigenvalue weighted by molar-refractivity contribution is 7.10. The van der Waals surface area contributed by atoms with Gasteiger partial charge in [-0.3, -0.25) is 0 Å². The third-order valence-electron chi connectivity index (χ3n) is 6.71. The van der Waals surface area contributed by atoms with Crippen LogP contribution in [0.1, 0.15) is 41.2 Å². The second-order valence-corrected chi connectivity index (χ2v) is 10.6. The van der Waals surface area contributed by atoms with E-state index < -0.39 is 11.1 Å². The first-order chi connectivity index (χ1) is 18.4. The van der Waals surface area contributed by atoms with Gasteiger partial charge in [0.25, 0.3) is 0 Å². The Hall–Kier alpha value is -4.26. The molecule has 0 unspecified atom stereocenters. The first-order valence-corrected chi connectivity index (χ1v) is 13.3. The van der Waals surface area contributed by atoms with Gasteiger partial charge in [0.1, 0.15) is 10.5 Å². The number of hydrogen-bond acceptors (Lipinski definition) is 5. The molecular weight excluding hydrogens is 486 g/mol. The van der Waals surface area contributed by atoms with Gasteiger partial charge in [0, 0.05) is 16.2 Å². The fraction of sp³-hybridized carbons (Fsp3) is 0.125. The van der Waals surface area contributed by atoms with Crippen LogP contribution in [0, 0.1) is 0 Å². The van der Waals surface area contributed by atoms with Gasteiger partial charge in [-0.05, 0) is 42.8 Å². The van der Waals surface area contributed by atoms with Crippen molar-refractivity contribution in [1.29, 1.82) is 0 Å². The van der Waals surface area contributed by atoms with Gasteiger partial charge in [-0.2, -0.15) is 5.10 Å². The maximum absolute atomic E-state index is 6.33. The fourth-order valence-corrected chi connectivity index (χ4v) is 5.89. The molecule has 0 spiro atoms. The smallest absolute Gasteiger partial charge is 0.138 e. The number of allylic oxidation sites excluding steroid dienone is 1.